The Morgan fingerprint density at radius 3 is 1.21 bits per heavy atom. The van der Waals surface area contributed by atoms with E-state index in [0.29, 0.717) is 19.4 Å². The number of carbonyl (C=O) groups is 2. The van der Waals surface area contributed by atoms with Gasteiger partial charge in [-0.05, 0) is 44.9 Å². The largest absolute Gasteiger partial charge is 0.466 e. The minimum Gasteiger partial charge on any atom is -0.466 e. The molecule has 0 aromatic heterocycles. The lowest BCUT2D eigenvalue weighted by molar-refractivity contribution is -0.302. The van der Waals surface area contributed by atoms with Gasteiger partial charge in [-0.15, -0.1) is 0 Å². The third kappa shape index (κ3) is 49.3. The van der Waals surface area contributed by atoms with Gasteiger partial charge in [0.1, 0.15) is 24.4 Å². The minimum absolute atomic E-state index is 0.00970. The Bertz CT molecular complexity index is 1410. The lowest BCUT2D eigenvalue weighted by Gasteiger charge is -2.40. The van der Waals surface area contributed by atoms with Crippen molar-refractivity contribution in [3.8, 4) is 0 Å². The highest BCUT2D eigenvalue weighted by atomic mass is 16.7. The quantitative estimate of drug-likeness (QED) is 0.0195. The topological polar surface area (TPSA) is 175 Å². The number of aliphatic hydroxyl groups is 5. The van der Waals surface area contributed by atoms with E-state index in [4.69, 9.17) is 14.2 Å². The highest BCUT2D eigenvalue weighted by Gasteiger charge is 2.44. The Balaban J connectivity index is 1.99. The van der Waals surface area contributed by atoms with E-state index in [9.17, 15) is 35.1 Å². The highest BCUT2D eigenvalue weighted by molar-refractivity contribution is 5.76. The number of hydrogen-bond donors (Lipinski definition) is 6. The van der Waals surface area contributed by atoms with Crippen LogP contribution in [-0.4, -0.2) is 100 Å². The molecular formula is C71H135NO10. The molecule has 0 aliphatic carbocycles. The molecule has 11 nitrogen and oxygen atoms in total. The van der Waals surface area contributed by atoms with Crippen molar-refractivity contribution in [2.75, 3.05) is 19.8 Å². The summed E-state index contributed by atoms with van der Waals surface area (Å²) in [6.07, 6.45) is 65.9. The molecule has 82 heavy (non-hydrogen) atoms. The van der Waals surface area contributed by atoms with Crippen molar-refractivity contribution in [3.05, 3.63) is 24.3 Å². The molecule has 1 rings (SSSR count). The van der Waals surface area contributed by atoms with Crippen LogP contribution in [0.25, 0.3) is 0 Å². The summed E-state index contributed by atoms with van der Waals surface area (Å²) in [5.41, 5.74) is 0. The van der Waals surface area contributed by atoms with E-state index in [1.807, 2.05) is 6.08 Å². The van der Waals surface area contributed by atoms with Gasteiger partial charge in [0.05, 0.1) is 32.0 Å². The third-order valence-corrected chi connectivity index (χ3v) is 17.1. The number of hydrogen-bond acceptors (Lipinski definition) is 10. The molecule has 0 bridgehead atoms. The molecule has 11 heteroatoms. The average Bonchev–Trinajstić information content (AvgIpc) is 3.68. The van der Waals surface area contributed by atoms with E-state index in [2.05, 4.69) is 31.3 Å². The summed E-state index contributed by atoms with van der Waals surface area (Å²) in [5, 5.41) is 54.5. The number of allylic oxidation sites excluding steroid dienone is 3. The van der Waals surface area contributed by atoms with Gasteiger partial charge in [-0.2, -0.15) is 0 Å². The molecule has 0 radical (unpaired) electrons. The summed E-state index contributed by atoms with van der Waals surface area (Å²) in [7, 11) is 0. The predicted molar refractivity (Wildman–Crippen MR) is 343 cm³/mol. The zero-order chi connectivity index (χ0) is 59.5. The SMILES string of the molecule is CCCCCCCCCCC/C=C/CC/C=C/C(O)C(COC1OC(CO)C(O)C(O)C1O)NC(=O)CCCCCCCCCCCCCCCCCCCCCCCCCCCCCCOC(=O)CCCCCCCCCCCCC. The van der Waals surface area contributed by atoms with Crippen LogP contribution in [0, 0.1) is 0 Å². The molecule has 0 aromatic rings. The van der Waals surface area contributed by atoms with Crippen LogP contribution < -0.4 is 5.32 Å². The van der Waals surface area contributed by atoms with Gasteiger partial charge in [0.15, 0.2) is 6.29 Å². The molecule has 0 saturated carbocycles. The summed E-state index contributed by atoms with van der Waals surface area (Å²) in [5.74, 6) is -0.176. The van der Waals surface area contributed by atoms with Crippen LogP contribution in [0.3, 0.4) is 0 Å². The molecule has 1 amide bonds. The van der Waals surface area contributed by atoms with Gasteiger partial charge >= 0.3 is 5.97 Å². The van der Waals surface area contributed by atoms with E-state index in [-0.39, 0.29) is 18.5 Å². The molecule has 1 heterocycles. The van der Waals surface area contributed by atoms with Gasteiger partial charge in [0.25, 0.3) is 0 Å². The van der Waals surface area contributed by atoms with Gasteiger partial charge in [0, 0.05) is 12.8 Å². The van der Waals surface area contributed by atoms with Crippen LogP contribution in [0.15, 0.2) is 24.3 Å². The minimum atomic E-state index is -1.57. The third-order valence-electron chi connectivity index (χ3n) is 17.1. The van der Waals surface area contributed by atoms with E-state index in [1.165, 1.54) is 276 Å². The first-order valence-corrected chi connectivity index (χ1v) is 35.6. The molecule has 1 aliphatic rings. The smallest absolute Gasteiger partial charge is 0.305 e. The number of nitrogens with one attached hydrogen (secondary N) is 1. The monoisotopic (exact) mass is 1160 g/mol. The Morgan fingerprint density at radius 2 is 0.793 bits per heavy atom. The summed E-state index contributed by atoms with van der Waals surface area (Å²) < 4.78 is 16.7. The Morgan fingerprint density at radius 1 is 0.439 bits per heavy atom. The first-order valence-electron chi connectivity index (χ1n) is 35.6. The zero-order valence-electron chi connectivity index (χ0n) is 53.7. The number of rotatable bonds is 63. The van der Waals surface area contributed by atoms with Crippen LogP contribution in [0.2, 0.25) is 0 Å². The molecule has 0 spiro atoms. The molecule has 7 atom stereocenters. The maximum Gasteiger partial charge on any atom is 0.305 e. The first-order chi connectivity index (χ1) is 40.2. The first kappa shape index (κ1) is 78.2. The van der Waals surface area contributed by atoms with Crippen LogP contribution in [0.5, 0.6) is 0 Å². The summed E-state index contributed by atoms with van der Waals surface area (Å²) >= 11 is 0. The van der Waals surface area contributed by atoms with Crippen LogP contribution in [-0.2, 0) is 23.8 Å². The number of amides is 1. The van der Waals surface area contributed by atoms with Crippen LogP contribution in [0.4, 0.5) is 0 Å². The number of aliphatic hydroxyl groups excluding tert-OH is 5. The van der Waals surface area contributed by atoms with Crippen molar-refractivity contribution < 1.29 is 49.3 Å². The fourth-order valence-corrected chi connectivity index (χ4v) is 11.5. The van der Waals surface area contributed by atoms with Crippen molar-refractivity contribution in [1.29, 1.82) is 0 Å². The summed E-state index contributed by atoms with van der Waals surface area (Å²) in [6.45, 7) is 4.37. The standard InChI is InChI=1S/C71H135NO10/c1-3-5-7-9-11-13-15-16-31-34-38-41-45-49-53-57-64(74)63(62-81-71-70(79)69(78)68(77)65(61-73)82-71)72-66(75)58-54-50-46-42-39-35-32-29-27-25-23-21-19-17-18-20-22-24-26-28-30-33-36-40-44-48-52-56-60-80-67(76)59-55-51-47-43-37-14-12-10-8-6-4-2/h38,41,53,57,63-65,68-71,73-74,77-79H,3-37,39-40,42-52,54-56,58-62H2,1-2H3,(H,72,75)/b41-38+,57-53+. The van der Waals surface area contributed by atoms with Crippen LogP contribution in [0.1, 0.15) is 354 Å². The van der Waals surface area contributed by atoms with Gasteiger partial charge in [-0.25, -0.2) is 0 Å². The maximum absolute atomic E-state index is 13.1. The molecule has 1 fully saturated rings. The Kier molecular flexibility index (Phi) is 58.0. The van der Waals surface area contributed by atoms with Crippen molar-refractivity contribution >= 4 is 11.9 Å². The van der Waals surface area contributed by atoms with Gasteiger partial charge in [0.2, 0.25) is 5.91 Å². The van der Waals surface area contributed by atoms with E-state index >= 15 is 0 Å². The Labute approximate surface area is 505 Å². The molecule has 0 aromatic carbocycles. The second-order valence-corrected chi connectivity index (χ2v) is 24.9. The van der Waals surface area contributed by atoms with Gasteiger partial charge in [-0.1, -0.05) is 321 Å². The van der Waals surface area contributed by atoms with Gasteiger partial charge in [-0.3, -0.25) is 9.59 Å². The fraction of sp³-hybridized carbons (Fsp3) is 0.915. The molecule has 1 aliphatic heterocycles. The predicted octanol–water partition coefficient (Wildman–Crippen LogP) is 18.0. The fourth-order valence-electron chi connectivity index (χ4n) is 11.5. The van der Waals surface area contributed by atoms with E-state index in [1.54, 1.807) is 6.08 Å². The maximum atomic E-state index is 13.1. The number of carbonyl (C=O) groups excluding carboxylic acids is 2. The van der Waals surface area contributed by atoms with Crippen molar-refractivity contribution in [2.24, 2.45) is 0 Å². The highest BCUT2D eigenvalue weighted by Crippen LogP contribution is 2.23. The number of ether oxygens (including phenoxy) is 3. The molecular weight excluding hydrogens is 1030 g/mol. The van der Waals surface area contributed by atoms with Gasteiger partial charge < -0.3 is 45.1 Å². The normalized spacial score (nSPS) is 18.3. The van der Waals surface area contributed by atoms with Crippen molar-refractivity contribution in [1.82, 2.24) is 5.32 Å². The van der Waals surface area contributed by atoms with E-state index in [0.717, 1.165) is 51.4 Å². The average molecular weight is 1160 g/mol. The number of esters is 1. The molecule has 484 valence electrons. The van der Waals surface area contributed by atoms with Crippen molar-refractivity contribution in [2.45, 2.75) is 397 Å². The second-order valence-electron chi connectivity index (χ2n) is 24.9. The number of unbranched alkanes of at least 4 members (excludes halogenated alkanes) is 47. The van der Waals surface area contributed by atoms with E-state index < -0.39 is 49.5 Å². The Hall–Kier alpha value is -1.86. The van der Waals surface area contributed by atoms with Crippen LogP contribution >= 0.6 is 0 Å². The van der Waals surface area contributed by atoms with Crippen molar-refractivity contribution in [3.63, 3.8) is 0 Å². The summed E-state index contributed by atoms with van der Waals surface area (Å²) in [4.78, 5) is 25.1. The lowest BCUT2D eigenvalue weighted by Crippen LogP contribution is -2.60. The summed E-state index contributed by atoms with van der Waals surface area (Å²) in [6, 6.07) is -0.825. The zero-order valence-corrected chi connectivity index (χ0v) is 53.7. The molecule has 7 unspecified atom stereocenters. The lowest BCUT2D eigenvalue weighted by atomic mass is 9.99. The second kappa shape index (κ2) is 60.8. The molecule has 1 saturated heterocycles. The molecule has 6 N–H and O–H groups in total.